The van der Waals surface area contributed by atoms with Crippen LogP contribution in [0.15, 0.2) is 54.7 Å². The second-order valence-corrected chi connectivity index (χ2v) is 5.17. The first-order valence-electron chi connectivity index (χ1n) is 6.75. The van der Waals surface area contributed by atoms with Gasteiger partial charge in [0.2, 0.25) is 0 Å². The Balaban J connectivity index is 1.83. The highest BCUT2D eigenvalue weighted by atomic mass is 14.6. The van der Waals surface area contributed by atoms with Crippen LogP contribution < -0.4 is 0 Å². The molecule has 0 spiro atoms. The molecule has 1 heteroatoms. The van der Waals surface area contributed by atoms with Crippen molar-refractivity contribution in [1.29, 1.82) is 0 Å². The van der Waals surface area contributed by atoms with Gasteiger partial charge in [0.1, 0.15) is 0 Å². The fraction of sp³-hybridized carbons (Fsp3) is 0.167. The molecule has 0 bridgehead atoms. The van der Waals surface area contributed by atoms with E-state index in [4.69, 9.17) is 0 Å². The first-order chi connectivity index (χ1) is 9.42. The lowest BCUT2D eigenvalue weighted by molar-refractivity contribution is 0.789. The van der Waals surface area contributed by atoms with Crippen molar-refractivity contribution in [3.05, 3.63) is 77.5 Å². The van der Waals surface area contributed by atoms with Crippen molar-refractivity contribution in [1.82, 2.24) is 4.98 Å². The van der Waals surface area contributed by atoms with Crippen molar-refractivity contribution in [3.8, 4) is 0 Å². The van der Waals surface area contributed by atoms with Gasteiger partial charge in [-0.05, 0) is 47.7 Å². The van der Waals surface area contributed by atoms with E-state index in [-0.39, 0.29) is 0 Å². The summed E-state index contributed by atoms with van der Waals surface area (Å²) < 4.78 is 0. The van der Waals surface area contributed by atoms with Crippen LogP contribution in [0.5, 0.6) is 0 Å². The first kappa shape index (κ1) is 10.7. The lowest BCUT2D eigenvalue weighted by atomic mass is 9.92. The first-order valence-corrected chi connectivity index (χ1v) is 6.75. The SMILES string of the molecule is [c]1ccc2c(c1)CCC2c1ccc2cccnc2c1. The van der Waals surface area contributed by atoms with E-state index in [2.05, 4.69) is 47.4 Å². The van der Waals surface area contributed by atoms with Crippen LogP contribution in [-0.2, 0) is 6.42 Å². The summed E-state index contributed by atoms with van der Waals surface area (Å²) in [6.45, 7) is 0. The molecule has 1 radical (unpaired) electrons. The highest BCUT2D eigenvalue weighted by molar-refractivity contribution is 5.79. The molecule has 91 valence electrons. The van der Waals surface area contributed by atoms with Gasteiger partial charge in [-0.15, -0.1) is 0 Å². The molecule has 1 unspecified atom stereocenters. The van der Waals surface area contributed by atoms with Crippen molar-refractivity contribution in [2.75, 3.05) is 0 Å². The van der Waals surface area contributed by atoms with Crippen LogP contribution >= 0.6 is 0 Å². The summed E-state index contributed by atoms with van der Waals surface area (Å²) in [6.07, 6.45) is 4.23. The molecule has 4 rings (SSSR count). The van der Waals surface area contributed by atoms with Gasteiger partial charge < -0.3 is 0 Å². The fourth-order valence-electron chi connectivity index (χ4n) is 3.14. The molecule has 1 aliphatic carbocycles. The Morgan fingerprint density at radius 3 is 3.16 bits per heavy atom. The van der Waals surface area contributed by atoms with Gasteiger partial charge in [0.15, 0.2) is 0 Å². The molecule has 0 saturated carbocycles. The molecular weight excluding hydrogens is 230 g/mol. The van der Waals surface area contributed by atoms with Crippen LogP contribution in [0.4, 0.5) is 0 Å². The Labute approximate surface area is 112 Å². The van der Waals surface area contributed by atoms with E-state index in [1.54, 1.807) is 0 Å². The van der Waals surface area contributed by atoms with Crippen LogP contribution in [-0.4, -0.2) is 4.98 Å². The monoisotopic (exact) mass is 244 g/mol. The maximum atomic E-state index is 4.46. The summed E-state index contributed by atoms with van der Waals surface area (Å²) >= 11 is 0. The molecule has 0 aliphatic heterocycles. The number of rotatable bonds is 1. The summed E-state index contributed by atoms with van der Waals surface area (Å²) in [4.78, 5) is 4.46. The van der Waals surface area contributed by atoms with Crippen molar-refractivity contribution in [2.45, 2.75) is 18.8 Å². The Morgan fingerprint density at radius 1 is 1.16 bits per heavy atom. The van der Waals surface area contributed by atoms with E-state index >= 15 is 0 Å². The van der Waals surface area contributed by atoms with Gasteiger partial charge in [-0.2, -0.15) is 0 Å². The van der Waals surface area contributed by atoms with Gasteiger partial charge in [-0.1, -0.05) is 36.4 Å². The molecule has 1 aliphatic rings. The van der Waals surface area contributed by atoms with Crippen LogP contribution in [0.25, 0.3) is 10.9 Å². The van der Waals surface area contributed by atoms with Crippen molar-refractivity contribution in [2.24, 2.45) is 0 Å². The molecule has 2 aromatic carbocycles. The number of hydrogen-bond donors (Lipinski definition) is 0. The molecule has 0 N–H and O–H groups in total. The number of aromatic nitrogens is 1. The van der Waals surface area contributed by atoms with Crippen LogP contribution in [0, 0.1) is 6.07 Å². The van der Waals surface area contributed by atoms with E-state index in [0.29, 0.717) is 5.92 Å². The number of fused-ring (bicyclic) bond motifs is 2. The van der Waals surface area contributed by atoms with Gasteiger partial charge >= 0.3 is 0 Å². The topological polar surface area (TPSA) is 12.9 Å². The summed E-state index contributed by atoms with van der Waals surface area (Å²) in [7, 11) is 0. The number of nitrogens with zero attached hydrogens (tertiary/aromatic N) is 1. The summed E-state index contributed by atoms with van der Waals surface area (Å²) in [5.41, 5.74) is 5.40. The summed E-state index contributed by atoms with van der Waals surface area (Å²) in [5, 5.41) is 1.21. The van der Waals surface area contributed by atoms with E-state index in [1.807, 2.05) is 18.3 Å². The van der Waals surface area contributed by atoms with E-state index < -0.39 is 0 Å². The standard InChI is InChI=1S/C18H14N/c1-2-6-16-13(4-1)9-10-17(16)15-8-7-14-5-3-11-19-18(14)12-15/h2-8,11-12,17H,9-10H2. The normalized spacial score (nSPS) is 17.6. The Morgan fingerprint density at radius 2 is 2.16 bits per heavy atom. The zero-order valence-corrected chi connectivity index (χ0v) is 10.6. The van der Waals surface area contributed by atoms with E-state index in [1.165, 1.54) is 28.5 Å². The van der Waals surface area contributed by atoms with Crippen LogP contribution in [0.3, 0.4) is 0 Å². The summed E-state index contributed by atoms with van der Waals surface area (Å²) in [5.74, 6) is 0.524. The highest BCUT2D eigenvalue weighted by Crippen LogP contribution is 2.38. The molecule has 0 saturated heterocycles. The van der Waals surface area contributed by atoms with Gasteiger partial charge in [0, 0.05) is 17.5 Å². The Kier molecular flexibility index (Phi) is 2.37. The average molecular weight is 244 g/mol. The number of aryl methyl sites for hydroxylation is 1. The van der Waals surface area contributed by atoms with Crippen LogP contribution in [0.1, 0.15) is 29.0 Å². The third kappa shape index (κ3) is 1.74. The van der Waals surface area contributed by atoms with Crippen molar-refractivity contribution in [3.63, 3.8) is 0 Å². The van der Waals surface area contributed by atoms with Gasteiger partial charge in [0.05, 0.1) is 5.52 Å². The van der Waals surface area contributed by atoms with Crippen LogP contribution in [0.2, 0.25) is 0 Å². The zero-order chi connectivity index (χ0) is 12.7. The minimum Gasteiger partial charge on any atom is -0.256 e. The quantitative estimate of drug-likeness (QED) is 0.627. The molecular formula is C18H14N. The number of hydrogen-bond acceptors (Lipinski definition) is 1. The predicted molar refractivity (Wildman–Crippen MR) is 77.2 cm³/mol. The lowest BCUT2D eigenvalue weighted by Crippen LogP contribution is -1.96. The molecule has 1 atom stereocenters. The molecule has 1 nitrogen and oxygen atoms in total. The molecule has 1 aromatic heterocycles. The minimum absolute atomic E-state index is 0.524. The van der Waals surface area contributed by atoms with E-state index in [0.717, 1.165) is 11.9 Å². The smallest absolute Gasteiger partial charge is 0.0704 e. The average Bonchev–Trinajstić information content (AvgIpc) is 2.91. The molecule has 0 fully saturated rings. The predicted octanol–water partition coefficient (Wildman–Crippen LogP) is 4.11. The maximum absolute atomic E-state index is 4.46. The molecule has 0 amide bonds. The van der Waals surface area contributed by atoms with Gasteiger partial charge in [-0.3, -0.25) is 4.98 Å². The molecule has 3 aromatic rings. The Hall–Kier alpha value is -2.15. The van der Waals surface area contributed by atoms with Gasteiger partial charge in [-0.25, -0.2) is 0 Å². The molecule has 19 heavy (non-hydrogen) atoms. The van der Waals surface area contributed by atoms with Crippen molar-refractivity contribution >= 4 is 10.9 Å². The Bertz CT molecular complexity index is 745. The second-order valence-electron chi connectivity index (χ2n) is 5.17. The number of benzene rings is 2. The fourth-order valence-corrected chi connectivity index (χ4v) is 3.14. The number of pyridine rings is 1. The van der Waals surface area contributed by atoms with Gasteiger partial charge in [0.25, 0.3) is 0 Å². The third-order valence-corrected chi connectivity index (χ3v) is 4.10. The van der Waals surface area contributed by atoms with Crippen molar-refractivity contribution < 1.29 is 0 Å². The maximum Gasteiger partial charge on any atom is 0.0704 e. The summed E-state index contributed by atoms with van der Waals surface area (Å²) in [6, 6.07) is 20.3. The minimum atomic E-state index is 0.524. The third-order valence-electron chi connectivity index (χ3n) is 4.10. The zero-order valence-electron chi connectivity index (χ0n) is 10.6. The highest BCUT2D eigenvalue weighted by Gasteiger charge is 2.23. The molecule has 1 heterocycles. The van der Waals surface area contributed by atoms with E-state index in [9.17, 15) is 0 Å². The second kappa shape index (κ2) is 4.20. The lowest BCUT2D eigenvalue weighted by Gasteiger charge is -2.12. The largest absolute Gasteiger partial charge is 0.256 e.